The number of hydrogen-bond acceptors (Lipinski definition) is 8. The zero-order valence-electron chi connectivity index (χ0n) is 63.7. The van der Waals surface area contributed by atoms with Gasteiger partial charge >= 0.3 is 0 Å². The number of aromatic nitrogens is 8. The molecule has 0 spiro atoms. The van der Waals surface area contributed by atoms with E-state index in [0.29, 0.717) is 34.9 Å². The van der Waals surface area contributed by atoms with Crippen LogP contribution in [0.1, 0.15) is 0 Å². The highest BCUT2D eigenvalue weighted by Crippen LogP contribution is 2.42. The lowest BCUT2D eigenvalue weighted by atomic mass is 9.99. The molecule has 0 radical (unpaired) electrons. The maximum absolute atomic E-state index is 5.20. The van der Waals surface area contributed by atoms with Crippen LogP contribution in [0.15, 0.2) is 413 Å². The fourth-order valence-electron chi connectivity index (χ4n) is 16.7. The highest BCUT2D eigenvalue weighted by Gasteiger charge is 2.21. The van der Waals surface area contributed by atoms with Gasteiger partial charge in [-0.1, -0.05) is 328 Å². The Hall–Kier alpha value is -15.2. The Balaban J connectivity index is 0.000000143. The Bertz CT molecular complexity index is 7690. The number of thiophene rings is 2. The van der Waals surface area contributed by atoms with Gasteiger partial charge in [0, 0.05) is 107 Å². The zero-order valence-corrected chi connectivity index (χ0v) is 65.3. The van der Waals surface area contributed by atoms with E-state index in [4.69, 9.17) is 29.9 Å². The van der Waals surface area contributed by atoms with Crippen molar-refractivity contribution in [1.29, 1.82) is 0 Å². The second-order valence-electron chi connectivity index (χ2n) is 29.7. The van der Waals surface area contributed by atoms with Gasteiger partial charge in [0.1, 0.15) is 0 Å². The van der Waals surface area contributed by atoms with Crippen LogP contribution >= 0.6 is 22.7 Å². The van der Waals surface area contributed by atoms with Crippen LogP contribution in [-0.4, -0.2) is 39.0 Å². The molecule has 118 heavy (non-hydrogen) atoms. The summed E-state index contributed by atoms with van der Waals surface area (Å²) < 4.78 is 9.68. The van der Waals surface area contributed by atoms with Gasteiger partial charge in [0.25, 0.3) is 0 Å². The molecule has 0 aliphatic carbocycles. The topological polar surface area (TPSA) is 87.2 Å². The van der Waals surface area contributed by atoms with Gasteiger partial charge in [-0.15, -0.1) is 22.7 Å². The van der Waals surface area contributed by atoms with Gasteiger partial charge in [-0.25, -0.2) is 29.9 Å². The predicted molar refractivity (Wildman–Crippen MR) is 494 cm³/mol. The van der Waals surface area contributed by atoms with Crippen molar-refractivity contribution in [2.75, 3.05) is 0 Å². The molecule has 10 heteroatoms. The average Bonchev–Trinajstić information content (AvgIpc) is 1.59. The van der Waals surface area contributed by atoms with Crippen molar-refractivity contribution >= 4 is 107 Å². The summed E-state index contributed by atoms with van der Waals surface area (Å²) in [5.41, 5.74) is 24.1. The number of hydrogen-bond donors (Lipinski definition) is 0. The quantitative estimate of drug-likeness (QED) is 0.114. The van der Waals surface area contributed by atoms with E-state index in [2.05, 4.69) is 410 Å². The first-order chi connectivity index (χ1) is 58.4. The lowest BCUT2D eigenvalue weighted by Crippen LogP contribution is -2.00. The minimum absolute atomic E-state index is 0.627. The number of benzene rings is 17. The lowest BCUT2D eigenvalue weighted by Gasteiger charge is -2.12. The summed E-state index contributed by atoms with van der Waals surface area (Å²) in [6.07, 6.45) is 0. The van der Waals surface area contributed by atoms with E-state index in [1.807, 2.05) is 12.1 Å². The SMILES string of the molecule is c1ccc(-c2ccc(-c3ccc(-c4nc(-c5cccc(-c6cccc(-n7c8ccccc8c8ccccc87)c6)c5)nc(-c5ccc6c(c5)sc5ccccc56)n4)cc3)cc2)cc1.c1ccc(-c2ccc(-c3nc(-c4cccc(-c5cccc(-n6c7ccccc7c7ccccc76)c5)c4)nc(-c4ccc5c(c4)sc4ccccc45)n3)cc2)cc1. The van der Waals surface area contributed by atoms with E-state index in [0.717, 1.165) is 83.7 Å². The summed E-state index contributed by atoms with van der Waals surface area (Å²) in [4.78, 5) is 31.0. The van der Waals surface area contributed by atoms with Gasteiger partial charge in [0.05, 0.1) is 22.1 Å². The molecule has 23 rings (SSSR count). The molecule has 0 aliphatic rings. The Morgan fingerprint density at radius 2 is 0.373 bits per heavy atom. The second-order valence-corrected chi connectivity index (χ2v) is 31.9. The minimum atomic E-state index is 0.627. The first-order valence-electron chi connectivity index (χ1n) is 39.6. The molecule has 0 saturated heterocycles. The molecule has 0 fully saturated rings. The molecule has 552 valence electrons. The van der Waals surface area contributed by atoms with E-state index in [-0.39, 0.29) is 0 Å². The molecule has 0 unspecified atom stereocenters. The third-order valence-corrected chi connectivity index (χ3v) is 24.8. The van der Waals surface area contributed by atoms with E-state index in [1.54, 1.807) is 22.7 Å². The van der Waals surface area contributed by atoms with Crippen LogP contribution in [0.4, 0.5) is 0 Å². The summed E-state index contributed by atoms with van der Waals surface area (Å²) in [5.74, 6) is 3.82. The van der Waals surface area contributed by atoms with Crippen LogP contribution in [-0.2, 0) is 0 Å². The second kappa shape index (κ2) is 29.6. The van der Waals surface area contributed by atoms with Gasteiger partial charge in [0.15, 0.2) is 34.9 Å². The van der Waals surface area contributed by atoms with E-state index < -0.39 is 0 Å². The summed E-state index contributed by atoms with van der Waals surface area (Å²) in [7, 11) is 0. The Kier molecular flexibility index (Phi) is 17.5. The van der Waals surface area contributed by atoms with Gasteiger partial charge in [-0.3, -0.25) is 0 Å². The maximum atomic E-state index is 5.20. The first-order valence-corrected chi connectivity index (χ1v) is 41.2. The molecule has 0 aliphatic heterocycles. The standard InChI is InChI=1S/C57H36N4S.C51H32N4S/c1-2-12-37(13-3-1)38-24-26-39(27-25-38)40-28-30-41(31-29-40)55-58-56(60-57(59-55)45-32-33-50-49-20-6-9-23-53(49)62-54(50)36-45)44-16-10-14-42(34-44)43-15-11-17-46(35-43)61-51-21-7-4-18-47(51)48-19-5-8-22-52(48)61;1-2-12-33(13-3-1)34-24-26-35(27-25-34)49-52-50(54-51(53-49)39-28-29-44-43-20-6-9-23-47(43)56-48(44)32-39)38-16-10-14-36(30-38)37-15-11-17-40(31-37)55-45-21-7-4-18-41(45)42-19-5-8-22-46(42)55/h1-36H;1-32H. The molecule has 6 heterocycles. The van der Waals surface area contributed by atoms with Crippen molar-refractivity contribution in [3.05, 3.63) is 413 Å². The molecule has 0 N–H and O–H groups in total. The molecular weight excluding hydrogens is 1470 g/mol. The predicted octanol–water partition coefficient (Wildman–Crippen LogP) is 29.0. The van der Waals surface area contributed by atoms with Gasteiger partial charge in [-0.2, -0.15) is 0 Å². The monoisotopic (exact) mass is 1540 g/mol. The molecule has 0 saturated carbocycles. The largest absolute Gasteiger partial charge is 0.309 e. The number of fused-ring (bicyclic) bond motifs is 12. The molecule has 23 aromatic rings. The van der Waals surface area contributed by atoms with Crippen LogP contribution in [0.2, 0.25) is 0 Å². The Morgan fingerprint density at radius 3 is 0.720 bits per heavy atom. The molecule has 0 bridgehead atoms. The number of para-hydroxylation sites is 4. The van der Waals surface area contributed by atoms with Crippen molar-refractivity contribution < 1.29 is 0 Å². The van der Waals surface area contributed by atoms with Gasteiger partial charge in [0.2, 0.25) is 0 Å². The summed E-state index contributed by atoms with van der Waals surface area (Å²) in [6, 6.07) is 146. The van der Waals surface area contributed by atoms with Crippen molar-refractivity contribution in [2.45, 2.75) is 0 Å². The van der Waals surface area contributed by atoms with Crippen molar-refractivity contribution in [3.8, 4) is 135 Å². The molecule has 6 aromatic heterocycles. The summed E-state index contributed by atoms with van der Waals surface area (Å²) in [6.45, 7) is 0. The summed E-state index contributed by atoms with van der Waals surface area (Å²) >= 11 is 3.60. The molecule has 17 aromatic carbocycles. The Labute approximate surface area is 688 Å². The zero-order chi connectivity index (χ0) is 78.0. The highest BCUT2D eigenvalue weighted by molar-refractivity contribution is 7.26. The third kappa shape index (κ3) is 12.9. The number of rotatable bonds is 13. The van der Waals surface area contributed by atoms with E-state index in [1.165, 1.54) is 101 Å². The summed E-state index contributed by atoms with van der Waals surface area (Å²) in [5, 5.41) is 10.0. The molecular formula is C108H68N8S2. The molecule has 0 atom stereocenters. The minimum Gasteiger partial charge on any atom is -0.309 e. The van der Waals surface area contributed by atoms with Crippen molar-refractivity contribution in [2.24, 2.45) is 0 Å². The third-order valence-electron chi connectivity index (χ3n) is 22.5. The highest BCUT2D eigenvalue weighted by atomic mass is 32.1. The van der Waals surface area contributed by atoms with E-state index >= 15 is 0 Å². The fourth-order valence-corrected chi connectivity index (χ4v) is 19.0. The Morgan fingerprint density at radius 1 is 0.144 bits per heavy atom. The van der Waals surface area contributed by atoms with Crippen LogP contribution < -0.4 is 0 Å². The molecule has 8 nitrogen and oxygen atoms in total. The molecule has 0 amide bonds. The smallest absolute Gasteiger partial charge is 0.164 e. The first kappa shape index (κ1) is 69.5. The maximum Gasteiger partial charge on any atom is 0.164 e. The lowest BCUT2D eigenvalue weighted by molar-refractivity contribution is 1.07. The van der Waals surface area contributed by atoms with Crippen LogP contribution in [0, 0.1) is 0 Å². The van der Waals surface area contributed by atoms with E-state index in [9.17, 15) is 0 Å². The van der Waals surface area contributed by atoms with Crippen molar-refractivity contribution in [1.82, 2.24) is 39.0 Å². The fraction of sp³-hybridized carbons (Fsp3) is 0. The van der Waals surface area contributed by atoms with Crippen LogP contribution in [0.5, 0.6) is 0 Å². The van der Waals surface area contributed by atoms with Crippen molar-refractivity contribution in [3.63, 3.8) is 0 Å². The average molecular weight is 1540 g/mol. The van der Waals surface area contributed by atoms with Gasteiger partial charge in [-0.05, 0) is 141 Å². The van der Waals surface area contributed by atoms with Crippen LogP contribution in [0.3, 0.4) is 0 Å². The normalized spacial score (nSPS) is 11.6. The van der Waals surface area contributed by atoms with Crippen LogP contribution in [0.25, 0.3) is 219 Å². The van der Waals surface area contributed by atoms with Gasteiger partial charge < -0.3 is 9.13 Å². The number of nitrogens with zero attached hydrogens (tertiary/aromatic N) is 8.